The summed E-state index contributed by atoms with van der Waals surface area (Å²) in [7, 11) is 1.63. The highest BCUT2D eigenvalue weighted by Crippen LogP contribution is 2.49. The molecule has 2 aromatic carbocycles. The van der Waals surface area contributed by atoms with Crippen LogP contribution in [0.2, 0.25) is 0 Å². The third-order valence-corrected chi connectivity index (χ3v) is 6.43. The fourth-order valence-electron chi connectivity index (χ4n) is 4.45. The molecule has 0 N–H and O–H groups in total. The highest BCUT2D eigenvalue weighted by molar-refractivity contribution is 9.10. The molecule has 2 aromatic rings. The molecule has 0 saturated heterocycles. The van der Waals surface area contributed by atoms with Gasteiger partial charge in [0.25, 0.3) is 0 Å². The Morgan fingerprint density at radius 1 is 1.03 bits per heavy atom. The quantitative estimate of drug-likeness (QED) is 0.605. The molecule has 1 amide bonds. The van der Waals surface area contributed by atoms with Gasteiger partial charge >= 0.3 is 0 Å². The monoisotopic (exact) mass is 453 g/mol. The molecule has 29 heavy (non-hydrogen) atoms. The van der Waals surface area contributed by atoms with Gasteiger partial charge in [-0.3, -0.25) is 14.5 Å². The van der Waals surface area contributed by atoms with Crippen molar-refractivity contribution in [3.05, 3.63) is 69.8 Å². The lowest BCUT2D eigenvalue weighted by atomic mass is 9.69. The van der Waals surface area contributed by atoms with Gasteiger partial charge in [0.1, 0.15) is 5.75 Å². The number of ether oxygens (including phenoxy) is 1. The van der Waals surface area contributed by atoms with Crippen molar-refractivity contribution in [2.24, 2.45) is 5.41 Å². The van der Waals surface area contributed by atoms with Gasteiger partial charge < -0.3 is 4.74 Å². The summed E-state index contributed by atoms with van der Waals surface area (Å²) in [6, 6.07) is 15.4. The van der Waals surface area contributed by atoms with Crippen molar-refractivity contribution in [2.45, 2.75) is 39.0 Å². The minimum absolute atomic E-state index is 0.0157. The van der Waals surface area contributed by atoms with Gasteiger partial charge in [-0.15, -0.1) is 0 Å². The second kappa shape index (κ2) is 7.45. The number of anilines is 1. The van der Waals surface area contributed by atoms with Crippen LogP contribution in [0.5, 0.6) is 5.75 Å². The summed E-state index contributed by atoms with van der Waals surface area (Å²) >= 11 is 3.58. The van der Waals surface area contributed by atoms with Gasteiger partial charge in [0, 0.05) is 34.5 Å². The van der Waals surface area contributed by atoms with Crippen LogP contribution in [-0.4, -0.2) is 18.8 Å². The Balaban J connectivity index is 1.88. The Labute approximate surface area is 179 Å². The Hall–Kier alpha value is -2.40. The molecule has 1 atom stereocenters. The summed E-state index contributed by atoms with van der Waals surface area (Å²) < 4.78 is 6.11. The smallest absolute Gasteiger partial charge is 0.232 e. The second-order valence-corrected chi connectivity index (χ2v) is 9.37. The Kier molecular flexibility index (Phi) is 5.11. The fraction of sp³-hybridized carbons (Fsp3) is 0.333. The number of benzene rings is 2. The number of allylic oxidation sites excluding steroid dienone is 2. The molecule has 1 unspecified atom stereocenters. The van der Waals surface area contributed by atoms with Gasteiger partial charge in [0.05, 0.1) is 12.8 Å². The standard InChI is InChI=1S/C24H24BrNO3/c1-24(2)13-20-23(21(27)14-24)17(15-8-10-16(29-3)11-9-15)12-22(28)26(20)19-7-5-4-6-18(19)25/h4-11,17H,12-14H2,1-3H3. The molecule has 0 aromatic heterocycles. The predicted octanol–water partition coefficient (Wildman–Crippen LogP) is 5.62. The van der Waals surface area contributed by atoms with E-state index in [1.165, 1.54) is 0 Å². The third kappa shape index (κ3) is 3.64. The lowest BCUT2D eigenvalue weighted by molar-refractivity contribution is -0.121. The number of rotatable bonds is 3. The van der Waals surface area contributed by atoms with Crippen molar-refractivity contribution < 1.29 is 14.3 Å². The van der Waals surface area contributed by atoms with Gasteiger partial charge in [-0.1, -0.05) is 38.1 Å². The maximum absolute atomic E-state index is 13.4. The van der Waals surface area contributed by atoms with Crippen LogP contribution in [0.15, 0.2) is 64.3 Å². The van der Waals surface area contributed by atoms with Crippen LogP contribution < -0.4 is 9.64 Å². The summed E-state index contributed by atoms with van der Waals surface area (Å²) in [6.45, 7) is 4.18. The van der Waals surface area contributed by atoms with Gasteiger partial charge in [-0.05, 0) is 57.6 Å². The molecule has 150 valence electrons. The van der Waals surface area contributed by atoms with Crippen molar-refractivity contribution in [3.8, 4) is 5.75 Å². The lowest BCUT2D eigenvalue weighted by Gasteiger charge is -2.43. The van der Waals surface area contributed by atoms with Crippen molar-refractivity contribution in [3.63, 3.8) is 0 Å². The zero-order valence-corrected chi connectivity index (χ0v) is 18.5. The van der Waals surface area contributed by atoms with E-state index in [0.717, 1.165) is 32.7 Å². The van der Waals surface area contributed by atoms with E-state index in [-0.39, 0.29) is 29.4 Å². The van der Waals surface area contributed by atoms with Crippen LogP contribution in [0.3, 0.4) is 0 Å². The SMILES string of the molecule is COc1ccc(C2CC(=O)N(c3ccccc3Br)C3=C2C(=O)CC(C)(C)C3)cc1. The maximum Gasteiger partial charge on any atom is 0.232 e. The van der Waals surface area contributed by atoms with Crippen LogP contribution in [0.1, 0.15) is 44.6 Å². The van der Waals surface area contributed by atoms with Crippen LogP contribution in [0.25, 0.3) is 0 Å². The average Bonchev–Trinajstić information content (AvgIpc) is 2.67. The molecular weight excluding hydrogens is 430 g/mol. The minimum atomic E-state index is -0.217. The first-order valence-electron chi connectivity index (χ1n) is 9.78. The third-order valence-electron chi connectivity index (χ3n) is 5.75. The minimum Gasteiger partial charge on any atom is -0.497 e. The number of hydrogen-bond donors (Lipinski definition) is 0. The summed E-state index contributed by atoms with van der Waals surface area (Å²) in [4.78, 5) is 28.4. The number of methoxy groups -OCH3 is 1. The molecule has 1 heterocycles. The van der Waals surface area contributed by atoms with E-state index in [0.29, 0.717) is 12.8 Å². The molecule has 2 aliphatic rings. The first-order valence-corrected chi connectivity index (χ1v) is 10.6. The van der Waals surface area contributed by atoms with Crippen LogP contribution in [0, 0.1) is 5.41 Å². The molecule has 4 nitrogen and oxygen atoms in total. The van der Waals surface area contributed by atoms with Gasteiger partial charge in [0.15, 0.2) is 5.78 Å². The summed E-state index contributed by atoms with van der Waals surface area (Å²) in [5.41, 5.74) is 3.22. The second-order valence-electron chi connectivity index (χ2n) is 8.51. The van der Waals surface area contributed by atoms with Gasteiger partial charge in [0.2, 0.25) is 5.91 Å². The maximum atomic E-state index is 13.4. The van der Waals surface area contributed by atoms with Crippen molar-refractivity contribution in [2.75, 3.05) is 12.0 Å². The van der Waals surface area contributed by atoms with E-state index in [2.05, 4.69) is 29.8 Å². The van der Waals surface area contributed by atoms with Gasteiger partial charge in [-0.2, -0.15) is 0 Å². The zero-order valence-electron chi connectivity index (χ0n) is 16.9. The molecular formula is C24H24BrNO3. The van der Waals surface area contributed by atoms with E-state index < -0.39 is 0 Å². The lowest BCUT2D eigenvalue weighted by Crippen LogP contribution is -2.43. The number of para-hydroxylation sites is 1. The largest absolute Gasteiger partial charge is 0.497 e. The van der Waals surface area contributed by atoms with Crippen LogP contribution in [-0.2, 0) is 9.59 Å². The number of nitrogens with zero attached hydrogens (tertiary/aromatic N) is 1. The zero-order chi connectivity index (χ0) is 20.8. The predicted molar refractivity (Wildman–Crippen MR) is 117 cm³/mol. The summed E-state index contributed by atoms with van der Waals surface area (Å²) in [5, 5.41) is 0. The van der Waals surface area contributed by atoms with E-state index in [1.807, 2.05) is 48.5 Å². The molecule has 1 aliphatic carbocycles. The summed E-state index contributed by atoms with van der Waals surface area (Å²) in [5.74, 6) is 0.699. The highest BCUT2D eigenvalue weighted by Gasteiger charge is 2.44. The van der Waals surface area contributed by atoms with Gasteiger partial charge in [-0.25, -0.2) is 0 Å². The normalized spacial score (nSPS) is 21.2. The number of carbonyl (C=O) groups excluding carboxylic acids is 2. The molecule has 4 rings (SSSR count). The van der Waals surface area contributed by atoms with Crippen LogP contribution in [0.4, 0.5) is 5.69 Å². The fourth-order valence-corrected chi connectivity index (χ4v) is 4.91. The number of ketones is 1. The van der Waals surface area contributed by atoms with E-state index in [9.17, 15) is 9.59 Å². The number of halogens is 1. The molecule has 0 spiro atoms. The molecule has 0 radical (unpaired) electrons. The highest BCUT2D eigenvalue weighted by atomic mass is 79.9. The van der Waals surface area contributed by atoms with Crippen molar-refractivity contribution >= 4 is 33.3 Å². The first-order chi connectivity index (χ1) is 13.8. The topological polar surface area (TPSA) is 46.6 Å². The van der Waals surface area contributed by atoms with Crippen molar-refractivity contribution in [1.82, 2.24) is 0 Å². The Morgan fingerprint density at radius 3 is 2.38 bits per heavy atom. The van der Waals surface area contributed by atoms with Crippen molar-refractivity contribution in [1.29, 1.82) is 0 Å². The molecule has 0 bridgehead atoms. The number of Topliss-reactive ketones (excluding diaryl/α,β-unsaturated/α-hetero) is 1. The van der Waals surface area contributed by atoms with E-state index in [1.54, 1.807) is 12.0 Å². The molecule has 5 heteroatoms. The average molecular weight is 454 g/mol. The molecule has 0 saturated carbocycles. The first kappa shape index (κ1) is 19.9. The Bertz CT molecular complexity index is 1010. The number of amides is 1. The Morgan fingerprint density at radius 2 is 1.72 bits per heavy atom. The van der Waals surface area contributed by atoms with Crippen LogP contribution >= 0.6 is 15.9 Å². The van der Waals surface area contributed by atoms with E-state index >= 15 is 0 Å². The number of hydrogen-bond acceptors (Lipinski definition) is 3. The molecule has 0 fully saturated rings. The summed E-state index contributed by atoms with van der Waals surface area (Å²) in [6.07, 6.45) is 1.46. The van der Waals surface area contributed by atoms with E-state index in [4.69, 9.17) is 4.74 Å². The molecule has 1 aliphatic heterocycles. The number of carbonyl (C=O) groups is 2.